The van der Waals surface area contributed by atoms with Crippen LogP contribution in [-0.4, -0.2) is 21.9 Å². The summed E-state index contributed by atoms with van der Waals surface area (Å²) >= 11 is 0. The summed E-state index contributed by atoms with van der Waals surface area (Å²) < 4.78 is 0. The fourth-order valence-corrected chi connectivity index (χ4v) is 2.19. The van der Waals surface area contributed by atoms with Crippen LogP contribution < -0.4 is 0 Å². The Labute approximate surface area is 81.0 Å². The van der Waals surface area contributed by atoms with Crippen LogP contribution >= 0.6 is 0 Å². The third-order valence-corrected chi connectivity index (χ3v) is 3.92. The highest BCUT2D eigenvalue weighted by molar-refractivity contribution is 5.20. The molecule has 2 N–H and O–H groups in total. The van der Waals surface area contributed by atoms with E-state index >= 15 is 0 Å². The van der Waals surface area contributed by atoms with Gasteiger partial charge in [0.05, 0.1) is 11.7 Å². The van der Waals surface area contributed by atoms with Crippen LogP contribution in [0.15, 0.2) is 0 Å². The highest BCUT2D eigenvalue weighted by Crippen LogP contribution is 2.59. The topological polar surface area (TPSA) is 40.5 Å². The van der Waals surface area contributed by atoms with Crippen LogP contribution in [0.2, 0.25) is 0 Å². The maximum absolute atomic E-state index is 10.1. The summed E-state index contributed by atoms with van der Waals surface area (Å²) in [5, 5.41) is 19.7. The van der Waals surface area contributed by atoms with Gasteiger partial charge in [-0.2, -0.15) is 0 Å². The molecule has 0 saturated heterocycles. The average molecular weight is 186 g/mol. The lowest BCUT2D eigenvalue weighted by atomic mass is 9.91. The summed E-state index contributed by atoms with van der Waals surface area (Å²) in [6.45, 7) is 8.14. The normalized spacial score (nSPS) is 36.7. The Morgan fingerprint density at radius 2 is 1.62 bits per heavy atom. The van der Waals surface area contributed by atoms with Crippen molar-refractivity contribution in [3.8, 4) is 0 Å². The highest BCUT2D eigenvalue weighted by atomic mass is 16.4. The molecule has 78 valence electrons. The molecule has 0 aromatic heterocycles. The van der Waals surface area contributed by atoms with E-state index in [-0.39, 0.29) is 5.41 Å². The average Bonchev–Trinajstić information content (AvgIpc) is 2.46. The predicted molar refractivity (Wildman–Crippen MR) is 53.4 cm³/mol. The van der Waals surface area contributed by atoms with Crippen LogP contribution in [0.25, 0.3) is 0 Å². The second-order valence-corrected chi connectivity index (χ2v) is 4.94. The van der Waals surface area contributed by atoms with Crippen molar-refractivity contribution in [1.29, 1.82) is 0 Å². The predicted octanol–water partition coefficient (Wildman–Crippen LogP) is 1.94. The van der Waals surface area contributed by atoms with Gasteiger partial charge >= 0.3 is 0 Å². The van der Waals surface area contributed by atoms with E-state index in [1.165, 1.54) is 0 Å². The van der Waals surface area contributed by atoms with Crippen LogP contribution in [0.5, 0.6) is 0 Å². The van der Waals surface area contributed by atoms with E-state index in [2.05, 4.69) is 13.8 Å². The maximum atomic E-state index is 10.1. The standard InChI is InChI=1S/C11H22O2/c1-5-8(6-2)7-11(13)9(12)10(11,3)4/h8-9,12-13H,5-7H2,1-4H3. The molecule has 0 spiro atoms. The van der Waals surface area contributed by atoms with Gasteiger partial charge in [0.2, 0.25) is 0 Å². The molecule has 0 aliphatic heterocycles. The van der Waals surface area contributed by atoms with Gasteiger partial charge in [0.15, 0.2) is 0 Å². The molecule has 1 fully saturated rings. The number of rotatable bonds is 4. The molecule has 1 aliphatic rings. The van der Waals surface area contributed by atoms with Gasteiger partial charge in [0, 0.05) is 5.41 Å². The van der Waals surface area contributed by atoms with E-state index < -0.39 is 11.7 Å². The fraction of sp³-hybridized carbons (Fsp3) is 1.00. The molecule has 0 aromatic rings. The molecule has 2 heteroatoms. The lowest BCUT2D eigenvalue weighted by Crippen LogP contribution is -2.21. The molecule has 13 heavy (non-hydrogen) atoms. The first-order chi connectivity index (χ1) is 5.90. The Hall–Kier alpha value is -0.0800. The van der Waals surface area contributed by atoms with Gasteiger partial charge in [-0.15, -0.1) is 0 Å². The van der Waals surface area contributed by atoms with E-state index in [4.69, 9.17) is 0 Å². The lowest BCUT2D eigenvalue weighted by Gasteiger charge is -2.19. The van der Waals surface area contributed by atoms with Crippen molar-refractivity contribution >= 4 is 0 Å². The van der Waals surface area contributed by atoms with Gasteiger partial charge in [-0.25, -0.2) is 0 Å². The zero-order valence-corrected chi connectivity index (χ0v) is 9.17. The van der Waals surface area contributed by atoms with Crippen LogP contribution in [0.4, 0.5) is 0 Å². The second kappa shape index (κ2) is 3.25. The van der Waals surface area contributed by atoms with E-state index in [1.807, 2.05) is 13.8 Å². The van der Waals surface area contributed by atoms with E-state index in [1.54, 1.807) is 0 Å². The third-order valence-electron chi connectivity index (χ3n) is 3.92. The van der Waals surface area contributed by atoms with Gasteiger partial charge in [0.1, 0.15) is 0 Å². The molecule has 0 bridgehead atoms. The first-order valence-corrected chi connectivity index (χ1v) is 5.30. The number of aliphatic hydroxyl groups is 2. The van der Waals surface area contributed by atoms with E-state index in [9.17, 15) is 10.2 Å². The Balaban J connectivity index is 2.55. The Kier molecular flexibility index (Phi) is 2.75. The third kappa shape index (κ3) is 1.50. The monoisotopic (exact) mass is 186 g/mol. The SMILES string of the molecule is CCC(CC)CC1(O)C(O)C1(C)C. The van der Waals surface area contributed by atoms with Crippen molar-refractivity contribution in [1.82, 2.24) is 0 Å². The molecule has 0 amide bonds. The highest BCUT2D eigenvalue weighted by Gasteiger charge is 2.70. The Bertz CT molecular complexity index is 185. The summed E-state index contributed by atoms with van der Waals surface area (Å²) in [5.74, 6) is 0.543. The van der Waals surface area contributed by atoms with Gasteiger partial charge < -0.3 is 10.2 Å². The Morgan fingerprint density at radius 1 is 1.23 bits per heavy atom. The largest absolute Gasteiger partial charge is 0.389 e. The Morgan fingerprint density at radius 3 is 1.85 bits per heavy atom. The number of aliphatic hydroxyl groups excluding tert-OH is 1. The zero-order chi connectivity index (χ0) is 10.3. The molecule has 2 atom stereocenters. The molecule has 0 aromatic carbocycles. The minimum atomic E-state index is -0.816. The van der Waals surface area contributed by atoms with Crippen LogP contribution in [-0.2, 0) is 0 Å². The van der Waals surface area contributed by atoms with E-state index in [0.717, 1.165) is 19.3 Å². The van der Waals surface area contributed by atoms with Crippen molar-refractivity contribution in [3.63, 3.8) is 0 Å². The van der Waals surface area contributed by atoms with Gasteiger partial charge in [0.25, 0.3) is 0 Å². The molecule has 2 unspecified atom stereocenters. The van der Waals surface area contributed by atoms with Gasteiger partial charge in [-0.05, 0) is 12.3 Å². The van der Waals surface area contributed by atoms with Crippen molar-refractivity contribution in [2.45, 2.75) is 58.7 Å². The molecule has 1 aliphatic carbocycles. The molecule has 2 nitrogen and oxygen atoms in total. The quantitative estimate of drug-likeness (QED) is 0.704. The summed E-state index contributed by atoms with van der Waals surface area (Å²) in [4.78, 5) is 0. The van der Waals surface area contributed by atoms with Crippen molar-refractivity contribution in [2.75, 3.05) is 0 Å². The van der Waals surface area contributed by atoms with Crippen LogP contribution in [0.1, 0.15) is 47.0 Å². The smallest absolute Gasteiger partial charge is 0.0990 e. The van der Waals surface area contributed by atoms with E-state index in [0.29, 0.717) is 5.92 Å². The number of hydrogen-bond acceptors (Lipinski definition) is 2. The van der Waals surface area contributed by atoms with Crippen molar-refractivity contribution in [3.05, 3.63) is 0 Å². The molecular formula is C11H22O2. The molecule has 1 rings (SSSR count). The van der Waals surface area contributed by atoms with Gasteiger partial charge in [-0.1, -0.05) is 40.5 Å². The summed E-state index contributed by atoms with van der Waals surface area (Å²) in [5.41, 5.74) is -1.11. The molecular weight excluding hydrogens is 164 g/mol. The zero-order valence-electron chi connectivity index (χ0n) is 9.17. The van der Waals surface area contributed by atoms with Gasteiger partial charge in [-0.3, -0.25) is 0 Å². The van der Waals surface area contributed by atoms with Crippen molar-refractivity contribution < 1.29 is 10.2 Å². The molecule has 0 radical (unpaired) electrons. The summed E-state index contributed by atoms with van der Waals surface area (Å²) in [6.07, 6.45) is 2.39. The lowest BCUT2D eigenvalue weighted by molar-refractivity contribution is 0.0512. The molecule has 0 heterocycles. The number of hydrogen-bond donors (Lipinski definition) is 2. The minimum absolute atomic E-state index is 0.296. The minimum Gasteiger partial charge on any atom is -0.389 e. The maximum Gasteiger partial charge on any atom is 0.0990 e. The first kappa shape index (κ1) is 11.0. The van der Waals surface area contributed by atoms with Crippen LogP contribution in [0.3, 0.4) is 0 Å². The van der Waals surface area contributed by atoms with Crippen molar-refractivity contribution in [2.24, 2.45) is 11.3 Å². The summed E-state index contributed by atoms with van der Waals surface area (Å²) in [6, 6.07) is 0. The fourth-order valence-electron chi connectivity index (χ4n) is 2.19. The van der Waals surface area contributed by atoms with Crippen LogP contribution in [0, 0.1) is 11.3 Å². The first-order valence-electron chi connectivity index (χ1n) is 5.30. The molecule has 1 saturated carbocycles. The summed E-state index contributed by atoms with van der Waals surface area (Å²) in [7, 11) is 0. The second-order valence-electron chi connectivity index (χ2n) is 4.94.